The molecule has 0 bridgehead atoms. The molecule has 5 heteroatoms. The van der Waals surface area contributed by atoms with Crippen molar-refractivity contribution in [1.29, 1.82) is 0 Å². The van der Waals surface area contributed by atoms with Crippen LogP contribution >= 0.6 is 0 Å². The van der Waals surface area contributed by atoms with Crippen molar-refractivity contribution in [2.45, 2.75) is 20.4 Å². The third-order valence-electron chi connectivity index (χ3n) is 3.65. The molecule has 0 saturated heterocycles. The number of aryl methyl sites for hydroxylation is 2. The summed E-state index contributed by atoms with van der Waals surface area (Å²) in [5.74, 6) is 0.665. The molecule has 5 nitrogen and oxygen atoms in total. The van der Waals surface area contributed by atoms with Crippen molar-refractivity contribution < 1.29 is 4.79 Å². The molecule has 0 fully saturated rings. The molecular weight excluding hydrogens is 288 g/mol. The SMILES string of the molecule is CCn1cnnc1-c1cccc(NC(=O)c2ccc(C)cc2)c1. The van der Waals surface area contributed by atoms with E-state index in [4.69, 9.17) is 0 Å². The maximum absolute atomic E-state index is 12.3. The molecule has 3 rings (SSSR count). The Morgan fingerprint density at radius 2 is 1.96 bits per heavy atom. The van der Waals surface area contributed by atoms with E-state index in [0.717, 1.165) is 29.2 Å². The Balaban J connectivity index is 1.83. The molecule has 0 radical (unpaired) electrons. The van der Waals surface area contributed by atoms with Crippen molar-refractivity contribution in [3.63, 3.8) is 0 Å². The first-order valence-corrected chi connectivity index (χ1v) is 7.53. The summed E-state index contributed by atoms with van der Waals surface area (Å²) >= 11 is 0. The highest BCUT2D eigenvalue weighted by Crippen LogP contribution is 2.21. The summed E-state index contributed by atoms with van der Waals surface area (Å²) in [6.07, 6.45) is 1.70. The van der Waals surface area contributed by atoms with Gasteiger partial charge in [0.25, 0.3) is 5.91 Å². The lowest BCUT2D eigenvalue weighted by atomic mass is 10.1. The van der Waals surface area contributed by atoms with Gasteiger partial charge in [-0.2, -0.15) is 0 Å². The summed E-state index contributed by atoms with van der Waals surface area (Å²) in [5, 5.41) is 11.0. The number of amides is 1. The van der Waals surface area contributed by atoms with Gasteiger partial charge in [-0.1, -0.05) is 29.8 Å². The zero-order valence-corrected chi connectivity index (χ0v) is 13.2. The molecule has 1 heterocycles. The second-order valence-corrected chi connectivity index (χ2v) is 5.34. The molecule has 0 spiro atoms. The standard InChI is InChI=1S/C18H18N4O/c1-3-22-12-19-21-17(22)15-5-4-6-16(11-15)20-18(23)14-9-7-13(2)8-10-14/h4-12H,3H2,1-2H3,(H,20,23). The van der Waals surface area contributed by atoms with Crippen LogP contribution in [0.1, 0.15) is 22.8 Å². The van der Waals surface area contributed by atoms with Gasteiger partial charge in [0.15, 0.2) is 5.82 Å². The number of hydrogen-bond acceptors (Lipinski definition) is 3. The molecule has 0 atom stereocenters. The number of nitrogens with one attached hydrogen (secondary N) is 1. The summed E-state index contributed by atoms with van der Waals surface area (Å²) in [5.41, 5.74) is 3.42. The van der Waals surface area contributed by atoms with Crippen molar-refractivity contribution in [2.75, 3.05) is 5.32 Å². The largest absolute Gasteiger partial charge is 0.322 e. The van der Waals surface area contributed by atoms with Crippen molar-refractivity contribution in [1.82, 2.24) is 14.8 Å². The van der Waals surface area contributed by atoms with Gasteiger partial charge in [-0.25, -0.2) is 0 Å². The molecule has 23 heavy (non-hydrogen) atoms. The van der Waals surface area contributed by atoms with Crippen molar-refractivity contribution in [3.05, 3.63) is 66.0 Å². The van der Waals surface area contributed by atoms with E-state index in [1.54, 1.807) is 6.33 Å². The highest BCUT2D eigenvalue weighted by molar-refractivity contribution is 6.04. The van der Waals surface area contributed by atoms with E-state index in [0.29, 0.717) is 5.56 Å². The zero-order chi connectivity index (χ0) is 16.2. The zero-order valence-electron chi connectivity index (χ0n) is 13.2. The van der Waals surface area contributed by atoms with Crippen LogP contribution in [0, 0.1) is 6.92 Å². The molecule has 0 aliphatic heterocycles. The number of aromatic nitrogens is 3. The van der Waals surface area contributed by atoms with Gasteiger partial charge in [-0.15, -0.1) is 10.2 Å². The molecule has 0 unspecified atom stereocenters. The number of benzene rings is 2. The Morgan fingerprint density at radius 3 is 2.70 bits per heavy atom. The van der Waals surface area contributed by atoms with Crippen LogP contribution in [0.2, 0.25) is 0 Å². The minimum Gasteiger partial charge on any atom is -0.322 e. The normalized spacial score (nSPS) is 10.5. The fraction of sp³-hybridized carbons (Fsp3) is 0.167. The van der Waals surface area contributed by atoms with Crippen LogP contribution in [-0.2, 0) is 6.54 Å². The Morgan fingerprint density at radius 1 is 1.17 bits per heavy atom. The molecule has 1 amide bonds. The average molecular weight is 306 g/mol. The van der Waals surface area contributed by atoms with Gasteiger partial charge in [0.05, 0.1) is 0 Å². The van der Waals surface area contributed by atoms with Crippen LogP contribution in [0.3, 0.4) is 0 Å². The maximum Gasteiger partial charge on any atom is 0.255 e. The minimum absolute atomic E-state index is 0.126. The van der Waals surface area contributed by atoms with Crippen LogP contribution < -0.4 is 5.32 Å². The quantitative estimate of drug-likeness (QED) is 0.802. The first-order valence-electron chi connectivity index (χ1n) is 7.53. The van der Waals surface area contributed by atoms with Crippen LogP contribution in [0.25, 0.3) is 11.4 Å². The highest BCUT2D eigenvalue weighted by atomic mass is 16.1. The predicted octanol–water partition coefficient (Wildman–Crippen LogP) is 3.53. The minimum atomic E-state index is -0.126. The number of carbonyl (C=O) groups is 1. The first-order chi connectivity index (χ1) is 11.2. The van der Waals surface area contributed by atoms with E-state index < -0.39 is 0 Å². The lowest BCUT2D eigenvalue weighted by Gasteiger charge is -2.08. The summed E-state index contributed by atoms with van der Waals surface area (Å²) in [4.78, 5) is 12.3. The van der Waals surface area contributed by atoms with Gasteiger partial charge in [-0.05, 0) is 38.1 Å². The lowest BCUT2D eigenvalue weighted by Crippen LogP contribution is -2.11. The van der Waals surface area contributed by atoms with Gasteiger partial charge in [0.1, 0.15) is 6.33 Å². The second-order valence-electron chi connectivity index (χ2n) is 5.34. The number of hydrogen-bond donors (Lipinski definition) is 1. The number of nitrogens with zero attached hydrogens (tertiary/aromatic N) is 3. The Bertz CT molecular complexity index is 821. The first kappa shape index (κ1) is 15.0. The monoisotopic (exact) mass is 306 g/mol. The maximum atomic E-state index is 12.3. The summed E-state index contributed by atoms with van der Waals surface area (Å²) in [6.45, 7) is 4.83. The average Bonchev–Trinajstić information content (AvgIpc) is 3.04. The van der Waals surface area contributed by atoms with E-state index in [1.807, 2.05) is 66.9 Å². The molecule has 2 aromatic carbocycles. The van der Waals surface area contributed by atoms with Gasteiger partial charge in [-0.3, -0.25) is 4.79 Å². The summed E-state index contributed by atoms with van der Waals surface area (Å²) in [7, 11) is 0. The van der Waals surface area contributed by atoms with Crippen LogP contribution in [0.5, 0.6) is 0 Å². The van der Waals surface area contributed by atoms with E-state index in [9.17, 15) is 4.79 Å². The number of carbonyl (C=O) groups excluding carboxylic acids is 1. The van der Waals surface area contributed by atoms with Gasteiger partial charge < -0.3 is 9.88 Å². The van der Waals surface area contributed by atoms with E-state index in [-0.39, 0.29) is 5.91 Å². The van der Waals surface area contributed by atoms with Crippen LogP contribution in [0.4, 0.5) is 5.69 Å². The summed E-state index contributed by atoms with van der Waals surface area (Å²) in [6, 6.07) is 15.1. The van der Waals surface area contributed by atoms with Crippen molar-refractivity contribution in [2.24, 2.45) is 0 Å². The topological polar surface area (TPSA) is 59.8 Å². The van der Waals surface area contributed by atoms with E-state index >= 15 is 0 Å². The molecule has 1 aromatic heterocycles. The molecular formula is C18H18N4O. The van der Waals surface area contributed by atoms with Gasteiger partial charge >= 0.3 is 0 Å². The van der Waals surface area contributed by atoms with Crippen molar-refractivity contribution >= 4 is 11.6 Å². The van der Waals surface area contributed by atoms with Gasteiger partial charge in [0, 0.05) is 23.4 Å². The van der Waals surface area contributed by atoms with Crippen molar-refractivity contribution in [3.8, 4) is 11.4 Å². The van der Waals surface area contributed by atoms with E-state index in [2.05, 4.69) is 15.5 Å². The molecule has 0 aliphatic carbocycles. The molecule has 1 N–H and O–H groups in total. The number of anilines is 1. The Labute approximate surface area is 135 Å². The molecule has 0 aliphatic rings. The van der Waals surface area contributed by atoms with Crippen LogP contribution in [0.15, 0.2) is 54.9 Å². The van der Waals surface area contributed by atoms with Crippen LogP contribution in [-0.4, -0.2) is 20.7 Å². The Kier molecular flexibility index (Phi) is 4.19. The smallest absolute Gasteiger partial charge is 0.255 e. The molecule has 116 valence electrons. The molecule has 3 aromatic rings. The molecule has 0 saturated carbocycles. The lowest BCUT2D eigenvalue weighted by molar-refractivity contribution is 0.102. The van der Waals surface area contributed by atoms with Gasteiger partial charge in [0.2, 0.25) is 0 Å². The summed E-state index contributed by atoms with van der Waals surface area (Å²) < 4.78 is 1.96. The fourth-order valence-electron chi connectivity index (χ4n) is 2.35. The third-order valence-corrected chi connectivity index (χ3v) is 3.65. The third kappa shape index (κ3) is 3.29. The van der Waals surface area contributed by atoms with E-state index in [1.165, 1.54) is 0 Å². The Hall–Kier alpha value is -2.95. The second kappa shape index (κ2) is 6.44. The predicted molar refractivity (Wildman–Crippen MR) is 90.3 cm³/mol. The fourth-order valence-corrected chi connectivity index (χ4v) is 2.35. The number of rotatable bonds is 4. The highest BCUT2D eigenvalue weighted by Gasteiger charge is 2.09.